The van der Waals surface area contributed by atoms with Crippen LogP contribution >= 0.6 is 0 Å². The molecule has 1 aromatic rings. The first-order valence-corrected chi connectivity index (χ1v) is 9.18. The minimum atomic E-state index is -0.0579. The maximum Gasteiger partial charge on any atom is 0.133 e. The molecule has 1 aliphatic heterocycles. The Bertz CT molecular complexity index is 774. The Morgan fingerprint density at radius 1 is 1.35 bits per heavy atom. The van der Waals surface area contributed by atoms with Crippen LogP contribution in [0.2, 0.25) is 0 Å². The van der Waals surface area contributed by atoms with E-state index < -0.39 is 0 Å². The van der Waals surface area contributed by atoms with Crippen LogP contribution in [-0.2, 0) is 9.47 Å². The second kappa shape index (κ2) is 10.1. The van der Waals surface area contributed by atoms with Crippen LogP contribution in [0.25, 0.3) is 12.7 Å². The van der Waals surface area contributed by atoms with E-state index in [1.165, 1.54) is 0 Å². The molecule has 1 atom stereocenters. The van der Waals surface area contributed by atoms with Crippen molar-refractivity contribution in [2.75, 3.05) is 26.8 Å². The molecule has 0 aliphatic carbocycles. The van der Waals surface area contributed by atoms with Gasteiger partial charge < -0.3 is 9.47 Å². The molecule has 0 bridgehead atoms. The van der Waals surface area contributed by atoms with Crippen molar-refractivity contribution >= 4 is 24.1 Å². The highest BCUT2D eigenvalue weighted by atomic mass is 16.5. The van der Waals surface area contributed by atoms with Crippen LogP contribution in [0.4, 0.5) is 0 Å². The molecule has 1 unspecified atom stereocenters. The smallest absolute Gasteiger partial charge is 0.133 e. The summed E-state index contributed by atoms with van der Waals surface area (Å²) in [5.74, 6) is 1.03. The summed E-state index contributed by atoms with van der Waals surface area (Å²) in [6, 6.07) is 8.03. The van der Waals surface area contributed by atoms with E-state index in [-0.39, 0.29) is 6.10 Å². The van der Waals surface area contributed by atoms with E-state index in [0.717, 1.165) is 47.9 Å². The first kappa shape index (κ1) is 20.1. The molecule has 4 heteroatoms. The van der Waals surface area contributed by atoms with Gasteiger partial charge in [-0.25, -0.2) is 0 Å². The van der Waals surface area contributed by atoms with Crippen LogP contribution in [0, 0.1) is 5.92 Å². The molecule has 1 aliphatic rings. The van der Waals surface area contributed by atoms with E-state index in [1.807, 2.05) is 44.2 Å². The fourth-order valence-electron chi connectivity index (χ4n) is 3.06. The SMILES string of the molecule is C=C(OC(C)CN=C(C)/C=c1/ccccc1=C)C(=NC)C1CCOCC1. The summed E-state index contributed by atoms with van der Waals surface area (Å²) in [6.45, 7) is 14.3. The Balaban J connectivity index is 1.94. The molecule has 0 N–H and O–H groups in total. The Morgan fingerprint density at radius 2 is 2.04 bits per heavy atom. The van der Waals surface area contributed by atoms with E-state index in [2.05, 4.69) is 23.1 Å². The van der Waals surface area contributed by atoms with E-state index in [0.29, 0.717) is 18.2 Å². The van der Waals surface area contributed by atoms with Gasteiger partial charge in [-0.3, -0.25) is 9.98 Å². The minimum absolute atomic E-state index is 0.0579. The van der Waals surface area contributed by atoms with E-state index in [4.69, 9.17) is 9.47 Å². The predicted octanol–water partition coefficient (Wildman–Crippen LogP) is 2.75. The van der Waals surface area contributed by atoms with E-state index in [1.54, 1.807) is 7.05 Å². The van der Waals surface area contributed by atoms with E-state index in [9.17, 15) is 0 Å². The maximum atomic E-state index is 5.98. The number of allylic oxidation sites excluding steroid dienone is 1. The fourth-order valence-corrected chi connectivity index (χ4v) is 3.06. The monoisotopic (exact) mass is 354 g/mol. The van der Waals surface area contributed by atoms with Crippen LogP contribution in [-0.4, -0.2) is 44.3 Å². The lowest BCUT2D eigenvalue weighted by molar-refractivity contribution is 0.0808. The average Bonchev–Trinajstić information content (AvgIpc) is 2.63. The van der Waals surface area contributed by atoms with Crippen LogP contribution in [0.3, 0.4) is 0 Å². The summed E-state index contributed by atoms with van der Waals surface area (Å²) in [7, 11) is 1.80. The molecule has 1 heterocycles. The zero-order valence-corrected chi connectivity index (χ0v) is 16.2. The quantitative estimate of drug-likeness (QED) is 0.558. The van der Waals surface area contributed by atoms with Gasteiger partial charge in [0.2, 0.25) is 0 Å². The molecule has 0 amide bonds. The molecular weight excluding hydrogens is 324 g/mol. The van der Waals surface area contributed by atoms with Crippen LogP contribution < -0.4 is 10.4 Å². The third-order valence-corrected chi connectivity index (χ3v) is 4.50. The lowest BCUT2D eigenvalue weighted by Crippen LogP contribution is -2.27. The zero-order chi connectivity index (χ0) is 18.9. The Labute approximate surface area is 156 Å². The normalized spacial score (nSPS) is 18.7. The van der Waals surface area contributed by atoms with Crippen molar-refractivity contribution in [1.82, 2.24) is 0 Å². The van der Waals surface area contributed by atoms with Gasteiger partial charge in [-0.05, 0) is 43.2 Å². The van der Waals surface area contributed by atoms with Crippen LogP contribution in [0.1, 0.15) is 26.7 Å². The largest absolute Gasteiger partial charge is 0.488 e. The number of hydrogen-bond donors (Lipinski definition) is 0. The highest BCUT2D eigenvalue weighted by Gasteiger charge is 2.23. The first-order valence-electron chi connectivity index (χ1n) is 9.18. The summed E-state index contributed by atoms with van der Waals surface area (Å²) < 4.78 is 11.4. The summed E-state index contributed by atoms with van der Waals surface area (Å²) in [4.78, 5) is 9.03. The zero-order valence-electron chi connectivity index (χ0n) is 16.2. The minimum Gasteiger partial charge on any atom is -0.488 e. The summed E-state index contributed by atoms with van der Waals surface area (Å²) in [5.41, 5.74) is 1.91. The number of aliphatic imine (C=N–C) groups is 2. The molecule has 1 saturated heterocycles. The highest BCUT2D eigenvalue weighted by Crippen LogP contribution is 2.21. The topological polar surface area (TPSA) is 43.2 Å². The number of hydrogen-bond acceptors (Lipinski definition) is 4. The van der Waals surface area contributed by atoms with Gasteiger partial charge in [0.15, 0.2) is 0 Å². The molecule has 0 saturated carbocycles. The fraction of sp³-hybridized carbons (Fsp3) is 0.455. The van der Waals surface area contributed by atoms with Gasteiger partial charge in [0.25, 0.3) is 0 Å². The standard InChI is InChI=1S/C22H30N2O2/c1-16-8-6-7-9-21(16)14-17(2)24-15-18(3)26-19(4)22(23-5)20-10-12-25-13-11-20/h6-9,14,18,20H,1,4,10-13,15H2,2-3,5H3/b21-14-,23-22?,24-17?. The maximum absolute atomic E-state index is 5.98. The Kier molecular flexibility index (Phi) is 7.79. The van der Waals surface area contributed by atoms with Crippen molar-refractivity contribution in [3.63, 3.8) is 0 Å². The van der Waals surface area contributed by atoms with Crippen LogP contribution in [0.15, 0.2) is 46.6 Å². The van der Waals surface area contributed by atoms with Gasteiger partial charge in [0, 0.05) is 31.9 Å². The third kappa shape index (κ3) is 5.95. The summed E-state index contributed by atoms with van der Waals surface area (Å²) in [6.07, 6.45) is 3.93. The molecule has 1 aromatic carbocycles. The average molecular weight is 354 g/mol. The van der Waals surface area contributed by atoms with Crippen molar-refractivity contribution in [3.8, 4) is 0 Å². The second-order valence-electron chi connectivity index (χ2n) is 6.67. The van der Waals surface area contributed by atoms with Gasteiger partial charge in [-0.2, -0.15) is 0 Å². The number of benzene rings is 1. The first-order chi connectivity index (χ1) is 12.5. The van der Waals surface area contributed by atoms with Crippen LogP contribution in [0.5, 0.6) is 0 Å². The summed E-state index contributed by atoms with van der Waals surface area (Å²) in [5, 5.41) is 2.09. The molecule has 2 rings (SSSR count). The van der Waals surface area contributed by atoms with Gasteiger partial charge in [0.1, 0.15) is 11.9 Å². The molecule has 26 heavy (non-hydrogen) atoms. The predicted molar refractivity (Wildman–Crippen MR) is 110 cm³/mol. The number of rotatable bonds is 7. The van der Waals surface area contributed by atoms with Crippen molar-refractivity contribution < 1.29 is 9.47 Å². The molecule has 1 fully saturated rings. The Morgan fingerprint density at radius 3 is 2.69 bits per heavy atom. The highest BCUT2D eigenvalue weighted by molar-refractivity contribution is 6.08. The molecule has 4 nitrogen and oxygen atoms in total. The van der Waals surface area contributed by atoms with Crippen molar-refractivity contribution in [3.05, 3.63) is 47.0 Å². The number of nitrogens with zero attached hydrogens (tertiary/aromatic N) is 2. The molecular formula is C22H30N2O2. The van der Waals surface area contributed by atoms with Gasteiger partial charge in [-0.15, -0.1) is 0 Å². The van der Waals surface area contributed by atoms with Crippen molar-refractivity contribution in [1.29, 1.82) is 0 Å². The molecule has 140 valence electrons. The lowest BCUT2D eigenvalue weighted by atomic mass is 9.93. The lowest BCUT2D eigenvalue weighted by Gasteiger charge is -2.25. The van der Waals surface area contributed by atoms with Gasteiger partial charge >= 0.3 is 0 Å². The second-order valence-corrected chi connectivity index (χ2v) is 6.67. The molecule has 0 aromatic heterocycles. The van der Waals surface area contributed by atoms with Crippen molar-refractivity contribution in [2.45, 2.75) is 32.8 Å². The van der Waals surface area contributed by atoms with Crippen molar-refractivity contribution in [2.24, 2.45) is 15.9 Å². The Hall–Kier alpha value is -2.20. The van der Waals surface area contributed by atoms with E-state index >= 15 is 0 Å². The summed E-state index contributed by atoms with van der Waals surface area (Å²) >= 11 is 0. The molecule has 0 spiro atoms. The van der Waals surface area contributed by atoms with Gasteiger partial charge in [0.05, 0.1) is 12.3 Å². The number of ether oxygens (including phenoxy) is 2. The third-order valence-electron chi connectivity index (χ3n) is 4.50. The molecule has 0 radical (unpaired) electrons. The van der Waals surface area contributed by atoms with Gasteiger partial charge in [-0.1, -0.05) is 37.4 Å².